The standard InChI is InChI=1S/C13H19ClO3/c1-7(2)11-12(8(3)15)9(14)6-10(16-4)13(11)17-5/h6-8,15H,1-5H3. The Bertz CT molecular complexity index is 400. The smallest absolute Gasteiger partial charge is 0.164 e. The molecule has 1 rings (SSSR count). The molecule has 1 aromatic carbocycles. The lowest BCUT2D eigenvalue weighted by molar-refractivity contribution is 0.197. The molecule has 0 aliphatic rings. The van der Waals surface area contributed by atoms with Gasteiger partial charge in [0.05, 0.1) is 25.3 Å². The summed E-state index contributed by atoms with van der Waals surface area (Å²) >= 11 is 6.19. The Morgan fingerprint density at radius 1 is 1.12 bits per heavy atom. The number of hydrogen-bond acceptors (Lipinski definition) is 3. The third-order valence-electron chi connectivity index (χ3n) is 2.69. The molecule has 0 spiro atoms. The molecular weight excluding hydrogens is 240 g/mol. The molecule has 0 aromatic heterocycles. The molecule has 0 amide bonds. The van der Waals surface area contributed by atoms with Crippen molar-refractivity contribution in [2.45, 2.75) is 32.8 Å². The lowest BCUT2D eigenvalue weighted by Gasteiger charge is -2.22. The van der Waals surface area contributed by atoms with E-state index in [9.17, 15) is 5.11 Å². The van der Waals surface area contributed by atoms with Crippen LogP contribution in [0.3, 0.4) is 0 Å². The van der Waals surface area contributed by atoms with Gasteiger partial charge in [-0.25, -0.2) is 0 Å². The van der Waals surface area contributed by atoms with E-state index >= 15 is 0 Å². The molecule has 0 aliphatic heterocycles. The van der Waals surface area contributed by atoms with E-state index in [1.807, 2.05) is 13.8 Å². The van der Waals surface area contributed by atoms with Crippen molar-refractivity contribution in [3.63, 3.8) is 0 Å². The first-order chi connectivity index (χ1) is 7.93. The van der Waals surface area contributed by atoms with Crippen molar-refractivity contribution < 1.29 is 14.6 Å². The average molecular weight is 259 g/mol. The molecule has 0 saturated heterocycles. The highest BCUT2D eigenvalue weighted by Gasteiger charge is 2.23. The van der Waals surface area contributed by atoms with Crippen LogP contribution in [0.4, 0.5) is 0 Å². The first-order valence-electron chi connectivity index (χ1n) is 5.56. The highest BCUT2D eigenvalue weighted by Crippen LogP contribution is 2.44. The predicted molar refractivity (Wildman–Crippen MR) is 69.3 cm³/mol. The van der Waals surface area contributed by atoms with Crippen LogP contribution in [-0.2, 0) is 0 Å². The molecule has 0 aliphatic carbocycles. The van der Waals surface area contributed by atoms with E-state index < -0.39 is 6.10 Å². The highest BCUT2D eigenvalue weighted by molar-refractivity contribution is 6.31. The van der Waals surface area contributed by atoms with Crippen molar-refractivity contribution in [1.29, 1.82) is 0 Å². The maximum absolute atomic E-state index is 9.84. The van der Waals surface area contributed by atoms with Gasteiger partial charge < -0.3 is 14.6 Å². The fourth-order valence-electron chi connectivity index (χ4n) is 2.00. The van der Waals surface area contributed by atoms with Crippen molar-refractivity contribution in [3.05, 3.63) is 22.2 Å². The van der Waals surface area contributed by atoms with Crippen molar-refractivity contribution in [1.82, 2.24) is 0 Å². The van der Waals surface area contributed by atoms with Gasteiger partial charge in [0.2, 0.25) is 0 Å². The van der Waals surface area contributed by atoms with Gasteiger partial charge in [0.15, 0.2) is 11.5 Å². The summed E-state index contributed by atoms with van der Waals surface area (Å²) in [7, 11) is 3.16. The maximum Gasteiger partial charge on any atom is 0.164 e. The second-order valence-corrected chi connectivity index (χ2v) is 4.66. The number of rotatable bonds is 4. The van der Waals surface area contributed by atoms with E-state index in [-0.39, 0.29) is 5.92 Å². The average Bonchev–Trinajstić information content (AvgIpc) is 2.26. The summed E-state index contributed by atoms with van der Waals surface area (Å²) in [6, 6.07) is 1.67. The first-order valence-corrected chi connectivity index (χ1v) is 5.94. The van der Waals surface area contributed by atoms with Crippen LogP contribution in [0.25, 0.3) is 0 Å². The summed E-state index contributed by atoms with van der Waals surface area (Å²) in [5.41, 5.74) is 1.60. The molecule has 1 N–H and O–H groups in total. The van der Waals surface area contributed by atoms with Crippen LogP contribution in [0.2, 0.25) is 5.02 Å². The molecule has 0 fully saturated rings. The zero-order valence-corrected chi connectivity index (χ0v) is 11.6. The third kappa shape index (κ3) is 2.67. The second-order valence-electron chi connectivity index (χ2n) is 4.25. The van der Waals surface area contributed by atoms with Crippen LogP contribution in [0.5, 0.6) is 11.5 Å². The monoisotopic (exact) mass is 258 g/mol. The van der Waals surface area contributed by atoms with Crippen LogP contribution < -0.4 is 9.47 Å². The topological polar surface area (TPSA) is 38.7 Å². The summed E-state index contributed by atoms with van der Waals surface area (Å²) in [5, 5.41) is 10.3. The van der Waals surface area contributed by atoms with Gasteiger partial charge in [-0.15, -0.1) is 0 Å². The SMILES string of the molecule is COc1cc(Cl)c(C(C)O)c(C(C)C)c1OC. The Balaban J connectivity index is 3.61. The van der Waals surface area contributed by atoms with Crippen molar-refractivity contribution >= 4 is 11.6 Å². The zero-order chi connectivity index (χ0) is 13.2. The van der Waals surface area contributed by atoms with Gasteiger partial charge >= 0.3 is 0 Å². The number of benzene rings is 1. The fourth-order valence-corrected chi connectivity index (χ4v) is 2.36. The molecule has 1 atom stereocenters. The number of methoxy groups -OCH3 is 2. The molecule has 1 aromatic rings. The molecule has 0 heterocycles. The largest absolute Gasteiger partial charge is 0.493 e. The minimum atomic E-state index is -0.639. The lowest BCUT2D eigenvalue weighted by Crippen LogP contribution is -2.06. The Morgan fingerprint density at radius 2 is 1.71 bits per heavy atom. The van der Waals surface area contributed by atoms with Gasteiger partial charge in [0.25, 0.3) is 0 Å². The summed E-state index contributed by atoms with van der Waals surface area (Å²) in [4.78, 5) is 0. The number of aliphatic hydroxyl groups excluding tert-OH is 1. The Morgan fingerprint density at radius 3 is 2.06 bits per heavy atom. The Labute approximate surface area is 107 Å². The summed E-state index contributed by atoms with van der Waals surface area (Å²) < 4.78 is 10.6. The predicted octanol–water partition coefficient (Wildman–Crippen LogP) is 3.53. The van der Waals surface area contributed by atoms with Crippen LogP contribution >= 0.6 is 11.6 Å². The first kappa shape index (κ1) is 14.1. The third-order valence-corrected chi connectivity index (χ3v) is 3.01. The number of aliphatic hydroxyl groups is 1. The van der Waals surface area contributed by atoms with E-state index in [2.05, 4.69) is 0 Å². The molecule has 0 bridgehead atoms. The summed E-state index contributed by atoms with van der Waals surface area (Å²) in [6.45, 7) is 5.75. The fraction of sp³-hybridized carbons (Fsp3) is 0.538. The van der Waals surface area contributed by atoms with E-state index in [4.69, 9.17) is 21.1 Å². The van der Waals surface area contributed by atoms with E-state index in [0.29, 0.717) is 22.1 Å². The molecule has 17 heavy (non-hydrogen) atoms. The normalized spacial score (nSPS) is 12.7. The van der Waals surface area contributed by atoms with Crippen LogP contribution in [0.1, 0.15) is 43.9 Å². The van der Waals surface area contributed by atoms with Crippen molar-refractivity contribution in [2.24, 2.45) is 0 Å². The number of ether oxygens (including phenoxy) is 2. The zero-order valence-electron chi connectivity index (χ0n) is 10.9. The van der Waals surface area contributed by atoms with Crippen LogP contribution in [0, 0.1) is 0 Å². The van der Waals surface area contributed by atoms with E-state index in [1.165, 1.54) is 0 Å². The number of hydrogen-bond donors (Lipinski definition) is 1. The minimum absolute atomic E-state index is 0.183. The van der Waals surface area contributed by atoms with Gasteiger partial charge in [-0.2, -0.15) is 0 Å². The van der Waals surface area contributed by atoms with Crippen LogP contribution in [-0.4, -0.2) is 19.3 Å². The van der Waals surface area contributed by atoms with Gasteiger partial charge in [-0.1, -0.05) is 25.4 Å². The molecule has 3 nitrogen and oxygen atoms in total. The maximum atomic E-state index is 9.84. The molecule has 4 heteroatoms. The van der Waals surface area contributed by atoms with Gasteiger partial charge in [0, 0.05) is 17.2 Å². The summed E-state index contributed by atoms with van der Waals surface area (Å²) in [6.07, 6.45) is -0.639. The Hall–Kier alpha value is -0.930. The number of halogens is 1. The molecular formula is C13H19ClO3. The molecule has 96 valence electrons. The quantitative estimate of drug-likeness (QED) is 0.898. The van der Waals surface area contributed by atoms with Gasteiger partial charge in [0.1, 0.15) is 0 Å². The molecule has 0 radical (unpaired) electrons. The lowest BCUT2D eigenvalue weighted by atomic mass is 9.92. The van der Waals surface area contributed by atoms with Gasteiger partial charge in [-0.3, -0.25) is 0 Å². The molecule has 0 saturated carbocycles. The van der Waals surface area contributed by atoms with Crippen molar-refractivity contribution in [3.8, 4) is 11.5 Å². The second kappa shape index (κ2) is 5.61. The van der Waals surface area contributed by atoms with E-state index in [0.717, 1.165) is 5.56 Å². The summed E-state index contributed by atoms with van der Waals surface area (Å²) in [5.74, 6) is 1.41. The molecule has 1 unspecified atom stereocenters. The minimum Gasteiger partial charge on any atom is -0.493 e. The van der Waals surface area contributed by atoms with Gasteiger partial charge in [-0.05, 0) is 12.8 Å². The highest BCUT2D eigenvalue weighted by atomic mass is 35.5. The Kier molecular flexibility index (Phi) is 4.66. The van der Waals surface area contributed by atoms with Crippen molar-refractivity contribution in [2.75, 3.05) is 14.2 Å². The van der Waals surface area contributed by atoms with Crippen LogP contribution in [0.15, 0.2) is 6.07 Å². The van der Waals surface area contributed by atoms with E-state index in [1.54, 1.807) is 27.2 Å².